The smallest absolute Gasteiger partial charge is 0.243 e. The number of carbonyl (C=O) groups excluding carboxylic acids is 2. The molecule has 226 valence electrons. The molecule has 0 fully saturated rings. The molecule has 1 N–H and O–H groups in total. The van der Waals surface area contributed by atoms with E-state index in [9.17, 15) is 18.0 Å². The normalized spacial score (nSPS) is 12.8. The molecule has 0 aliphatic rings. The number of halogens is 3. The van der Waals surface area contributed by atoms with Gasteiger partial charge in [0.05, 0.1) is 17.0 Å². The predicted octanol–water partition coefficient (Wildman–Crippen LogP) is 6.86. The number of sulfonamides is 1. The van der Waals surface area contributed by atoms with Crippen molar-refractivity contribution in [2.75, 3.05) is 17.1 Å². The highest BCUT2D eigenvalue weighted by Gasteiger charge is 2.31. The van der Waals surface area contributed by atoms with Gasteiger partial charge >= 0.3 is 0 Å². The molecule has 3 rings (SSSR count). The second-order valence-electron chi connectivity index (χ2n) is 10.2. The van der Waals surface area contributed by atoms with Crippen LogP contribution in [0.4, 0.5) is 5.69 Å². The van der Waals surface area contributed by atoms with Crippen LogP contribution in [-0.4, -0.2) is 50.0 Å². The molecule has 0 spiro atoms. The molecule has 0 unspecified atom stereocenters. The van der Waals surface area contributed by atoms with Crippen molar-refractivity contribution in [3.8, 4) is 0 Å². The van der Waals surface area contributed by atoms with Crippen LogP contribution < -0.4 is 9.62 Å². The minimum absolute atomic E-state index is 0.0131. The summed E-state index contributed by atoms with van der Waals surface area (Å²) in [6.07, 6.45) is 2.39. The van der Waals surface area contributed by atoms with Crippen LogP contribution in [0.5, 0.6) is 0 Å². The van der Waals surface area contributed by atoms with E-state index in [2.05, 4.69) is 21.2 Å². The number of nitrogens with zero attached hydrogens (tertiary/aromatic N) is 2. The van der Waals surface area contributed by atoms with Gasteiger partial charge in [-0.2, -0.15) is 0 Å². The summed E-state index contributed by atoms with van der Waals surface area (Å²) < 4.78 is 27.4. The first kappa shape index (κ1) is 33.9. The topological polar surface area (TPSA) is 86.8 Å². The molecule has 11 heteroatoms. The molecule has 7 nitrogen and oxygen atoms in total. The largest absolute Gasteiger partial charge is 0.352 e. The molecule has 2 atom stereocenters. The minimum Gasteiger partial charge on any atom is -0.352 e. The van der Waals surface area contributed by atoms with E-state index in [1.165, 1.54) is 12.1 Å². The van der Waals surface area contributed by atoms with Crippen LogP contribution in [-0.2, 0) is 32.6 Å². The third kappa shape index (κ3) is 10.0. The third-order valence-corrected chi connectivity index (χ3v) is 9.13. The maximum absolute atomic E-state index is 13.9. The third-order valence-electron chi connectivity index (χ3n) is 6.87. The second kappa shape index (κ2) is 15.8. The molecule has 0 aliphatic carbocycles. The summed E-state index contributed by atoms with van der Waals surface area (Å²) in [5, 5.41) is 3.63. The summed E-state index contributed by atoms with van der Waals surface area (Å²) in [4.78, 5) is 29.2. The number of hydrogen-bond acceptors (Lipinski definition) is 4. The first-order valence-electron chi connectivity index (χ1n) is 13.7. The average Bonchev–Trinajstić information content (AvgIpc) is 2.95. The zero-order valence-corrected chi connectivity index (χ0v) is 27.8. The van der Waals surface area contributed by atoms with E-state index in [1.54, 1.807) is 11.0 Å². The molecule has 0 aromatic heterocycles. The van der Waals surface area contributed by atoms with Gasteiger partial charge < -0.3 is 10.2 Å². The Morgan fingerprint density at radius 1 is 0.976 bits per heavy atom. The van der Waals surface area contributed by atoms with Crippen molar-refractivity contribution in [2.24, 2.45) is 0 Å². The van der Waals surface area contributed by atoms with Gasteiger partial charge in [-0.3, -0.25) is 13.9 Å². The highest BCUT2D eigenvalue weighted by atomic mass is 79.9. The lowest BCUT2D eigenvalue weighted by Crippen LogP contribution is -2.52. The SMILES string of the molecule is CC[C@@H](C)NC(=O)[C@@H](Cc1ccccc1)N(Cc1ccc(Br)cc1)C(=O)CCCN(c1cc(Cl)ccc1Cl)S(C)(=O)=O. The Kier molecular flexibility index (Phi) is 12.7. The van der Waals surface area contributed by atoms with Crippen molar-refractivity contribution in [3.05, 3.63) is 98.4 Å². The Morgan fingerprint density at radius 3 is 2.26 bits per heavy atom. The zero-order chi connectivity index (χ0) is 30.9. The van der Waals surface area contributed by atoms with Gasteiger partial charge in [-0.25, -0.2) is 8.42 Å². The quantitative estimate of drug-likeness (QED) is 0.200. The van der Waals surface area contributed by atoms with E-state index in [0.29, 0.717) is 11.4 Å². The van der Waals surface area contributed by atoms with Crippen molar-refractivity contribution in [3.63, 3.8) is 0 Å². The minimum atomic E-state index is -3.72. The number of nitrogens with one attached hydrogen (secondary N) is 1. The number of rotatable bonds is 14. The number of carbonyl (C=O) groups is 2. The van der Waals surface area contributed by atoms with E-state index in [0.717, 1.165) is 32.6 Å². The van der Waals surface area contributed by atoms with Gasteiger partial charge in [0.25, 0.3) is 0 Å². The lowest BCUT2D eigenvalue weighted by Gasteiger charge is -2.33. The number of hydrogen-bond donors (Lipinski definition) is 1. The van der Waals surface area contributed by atoms with Crippen molar-refractivity contribution in [1.82, 2.24) is 10.2 Å². The molecule has 0 heterocycles. The van der Waals surface area contributed by atoms with Crippen molar-refractivity contribution in [2.45, 2.75) is 58.2 Å². The van der Waals surface area contributed by atoms with Crippen LogP contribution in [0.1, 0.15) is 44.2 Å². The predicted molar refractivity (Wildman–Crippen MR) is 174 cm³/mol. The van der Waals surface area contributed by atoms with Gasteiger partial charge in [0, 0.05) is 41.5 Å². The molecule has 0 aliphatic heterocycles. The highest BCUT2D eigenvalue weighted by Crippen LogP contribution is 2.31. The highest BCUT2D eigenvalue weighted by molar-refractivity contribution is 9.10. The molecular formula is C31H36BrCl2N3O4S. The number of amides is 2. The van der Waals surface area contributed by atoms with E-state index in [4.69, 9.17) is 23.2 Å². The zero-order valence-electron chi connectivity index (χ0n) is 23.9. The Morgan fingerprint density at radius 2 is 1.64 bits per heavy atom. The standard InChI is InChI=1S/C31H36BrCl2N3O4S/c1-4-22(2)35-31(39)29(19-23-9-6-5-7-10-23)36(21-24-12-14-25(32)15-13-24)30(38)11-8-18-37(42(3,40)41)28-20-26(33)16-17-27(28)34/h5-7,9-10,12-17,20,22,29H,4,8,11,18-19,21H2,1-3H3,(H,35,39)/t22-,29-/m1/s1. The van der Waals surface area contributed by atoms with Gasteiger partial charge in [-0.1, -0.05) is 88.5 Å². The van der Waals surface area contributed by atoms with Gasteiger partial charge in [0.1, 0.15) is 6.04 Å². The fourth-order valence-corrected chi connectivity index (χ4v) is 6.11. The van der Waals surface area contributed by atoms with Gasteiger partial charge in [-0.15, -0.1) is 0 Å². The van der Waals surface area contributed by atoms with Crippen molar-refractivity contribution >= 4 is 66.7 Å². The second-order valence-corrected chi connectivity index (χ2v) is 13.9. The molecule has 0 saturated heterocycles. The molecule has 0 radical (unpaired) electrons. The van der Waals surface area contributed by atoms with Crippen LogP contribution in [0.15, 0.2) is 77.3 Å². The summed E-state index contributed by atoms with van der Waals surface area (Å²) in [5.74, 6) is -0.495. The molecule has 2 amide bonds. The fraction of sp³-hybridized carbons (Fsp3) is 0.355. The Hall–Kier alpha value is -2.59. The summed E-state index contributed by atoms with van der Waals surface area (Å²) in [6, 6.07) is 20.9. The van der Waals surface area contributed by atoms with E-state index in [1.807, 2.05) is 68.4 Å². The van der Waals surface area contributed by atoms with Crippen LogP contribution in [0.3, 0.4) is 0 Å². The lowest BCUT2D eigenvalue weighted by molar-refractivity contribution is -0.141. The van der Waals surface area contributed by atoms with E-state index in [-0.39, 0.29) is 54.5 Å². The Balaban J connectivity index is 1.90. The maximum atomic E-state index is 13.9. The van der Waals surface area contributed by atoms with Gasteiger partial charge in [-0.05, 0) is 61.2 Å². The van der Waals surface area contributed by atoms with E-state index < -0.39 is 16.1 Å². The monoisotopic (exact) mass is 695 g/mol. The molecule has 0 saturated carbocycles. The summed E-state index contributed by atoms with van der Waals surface area (Å²) >= 11 is 15.9. The number of anilines is 1. The molecule has 3 aromatic rings. The van der Waals surface area contributed by atoms with E-state index >= 15 is 0 Å². The summed E-state index contributed by atoms with van der Waals surface area (Å²) in [7, 11) is -3.72. The van der Waals surface area contributed by atoms with Crippen LogP contribution in [0.2, 0.25) is 10.0 Å². The molecule has 0 bridgehead atoms. The fourth-order valence-electron chi connectivity index (χ4n) is 4.44. The van der Waals surface area contributed by atoms with Crippen LogP contribution >= 0.6 is 39.1 Å². The van der Waals surface area contributed by atoms with Crippen LogP contribution in [0, 0.1) is 0 Å². The van der Waals surface area contributed by atoms with Gasteiger partial charge in [0.2, 0.25) is 21.8 Å². The average molecular weight is 698 g/mol. The Labute approximate surface area is 267 Å². The lowest BCUT2D eigenvalue weighted by atomic mass is 10.0. The molecule has 3 aromatic carbocycles. The summed E-state index contributed by atoms with van der Waals surface area (Å²) in [6.45, 7) is 4.15. The van der Waals surface area contributed by atoms with Crippen LogP contribution in [0.25, 0.3) is 0 Å². The Bertz CT molecular complexity index is 1460. The van der Waals surface area contributed by atoms with Gasteiger partial charge in [0.15, 0.2) is 0 Å². The first-order chi connectivity index (χ1) is 19.9. The summed E-state index contributed by atoms with van der Waals surface area (Å²) in [5.41, 5.74) is 2.04. The van der Waals surface area contributed by atoms with Crippen molar-refractivity contribution < 1.29 is 18.0 Å². The number of benzene rings is 3. The van der Waals surface area contributed by atoms with Crippen molar-refractivity contribution in [1.29, 1.82) is 0 Å². The molecule has 42 heavy (non-hydrogen) atoms. The maximum Gasteiger partial charge on any atom is 0.243 e. The molecular weight excluding hydrogens is 661 g/mol. The first-order valence-corrected chi connectivity index (χ1v) is 17.1.